The second-order valence-corrected chi connectivity index (χ2v) is 9.45. The first-order chi connectivity index (χ1) is 15.4. The highest BCUT2D eigenvalue weighted by Gasteiger charge is 2.51. The maximum atomic E-state index is 13.7. The van der Waals surface area contributed by atoms with Crippen LogP contribution in [0.15, 0.2) is 42.5 Å². The molecule has 2 aromatic carbocycles. The Hall–Kier alpha value is -2.35. The van der Waals surface area contributed by atoms with Crippen LogP contribution in [0.4, 0.5) is 13.2 Å². The quantitative estimate of drug-likeness (QED) is 0.381. The fourth-order valence-electron chi connectivity index (χ4n) is 4.21. The molecule has 0 aromatic heterocycles. The normalized spacial score (nSPS) is 17.3. The van der Waals surface area contributed by atoms with Crippen molar-refractivity contribution in [3.63, 3.8) is 0 Å². The molecule has 4 rings (SSSR count). The Kier molecular flexibility index (Phi) is 6.10. The summed E-state index contributed by atoms with van der Waals surface area (Å²) >= 11 is 11.7. The second-order valence-electron chi connectivity index (χ2n) is 8.58. The summed E-state index contributed by atoms with van der Waals surface area (Å²) in [5, 5.41) is 0.0659. The van der Waals surface area contributed by atoms with Crippen LogP contribution in [0.2, 0.25) is 10.0 Å². The number of carbonyl (C=O) groups is 2. The van der Waals surface area contributed by atoms with Gasteiger partial charge in [-0.3, -0.25) is 9.59 Å². The van der Waals surface area contributed by atoms with E-state index < -0.39 is 23.1 Å². The van der Waals surface area contributed by atoms with Gasteiger partial charge in [0, 0.05) is 21.5 Å². The van der Waals surface area contributed by atoms with Gasteiger partial charge in [0.1, 0.15) is 5.60 Å². The Bertz CT molecular complexity index is 1150. The van der Waals surface area contributed by atoms with E-state index in [2.05, 4.69) is 0 Å². The maximum Gasteiger partial charge on any atom is 0.417 e. The van der Waals surface area contributed by atoms with E-state index >= 15 is 0 Å². The van der Waals surface area contributed by atoms with Crippen molar-refractivity contribution in [1.82, 2.24) is 4.90 Å². The van der Waals surface area contributed by atoms with Crippen molar-refractivity contribution in [2.24, 2.45) is 5.92 Å². The number of hydrogen-bond donors (Lipinski definition) is 0. The van der Waals surface area contributed by atoms with Crippen LogP contribution in [-0.4, -0.2) is 35.9 Å². The van der Waals surface area contributed by atoms with Gasteiger partial charge in [-0.1, -0.05) is 49.2 Å². The molecule has 2 aliphatic heterocycles. The zero-order valence-corrected chi connectivity index (χ0v) is 19.3. The van der Waals surface area contributed by atoms with Crippen LogP contribution in [0.1, 0.15) is 40.9 Å². The standard InChI is InChI=1S/C24H20Cl2F3NO3/c1-13(2)22(32)30-11-23(12-30)19-4-3-14(5-16(19)10-33-23)21(31)9-20(24(27,28)29)15-6-17(25)8-18(26)7-15/h3-9,13H,10-12H2,1-2H3/b20-9+. The predicted octanol–water partition coefficient (Wildman–Crippen LogP) is 6.05. The Morgan fingerprint density at radius 3 is 2.27 bits per heavy atom. The number of ketones is 1. The molecule has 2 aliphatic rings. The molecule has 1 amide bonds. The summed E-state index contributed by atoms with van der Waals surface area (Å²) in [6.45, 7) is 4.71. The molecule has 174 valence electrons. The minimum atomic E-state index is -4.79. The number of fused-ring (bicyclic) bond motifs is 2. The molecule has 0 bridgehead atoms. The first kappa shape index (κ1) is 23.8. The minimum Gasteiger partial charge on any atom is -0.362 e. The van der Waals surface area contributed by atoms with E-state index in [4.69, 9.17) is 27.9 Å². The second kappa shape index (κ2) is 8.46. The van der Waals surface area contributed by atoms with Crippen molar-refractivity contribution in [3.05, 3.63) is 74.8 Å². The number of rotatable bonds is 4. The third-order valence-corrected chi connectivity index (χ3v) is 6.27. The van der Waals surface area contributed by atoms with Gasteiger partial charge >= 0.3 is 6.18 Å². The SMILES string of the molecule is CC(C)C(=O)N1CC2(C1)OCc1cc(C(=O)/C=C(\c3cc(Cl)cc(Cl)c3)C(F)(F)F)ccc12. The van der Waals surface area contributed by atoms with Gasteiger partial charge in [-0.15, -0.1) is 0 Å². The van der Waals surface area contributed by atoms with Gasteiger partial charge < -0.3 is 9.64 Å². The largest absolute Gasteiger partial charge is 0.417 e. The molecular formula is C24H20Cl2F3NO3. The van der Waals surface area contributed by atoms with E-state index in [0.29, 0.717) is 19.2 Å². The Morgan fingerprint density at radius 2 is 1.70 bits per heavy atom. The molecule has 0 unspecified atom stereocenters. The lowest BCUT2D eigenvalue weighted by Crippen LogP contribution is -2.61. The van der Waals surface area contributed by atoms with Gasteiger partial charge in [0.2, 0.25) is 5.91 Å². The monoisotopic (exact) mass is 497 g/mol. The molecule has 0 saturated carbocycles. The van der Waals surface area contributed by atoms with Crippen LogP contribution in [-0.2, 0) is 21.7 Å². The molecular weight excluding hydrogens is 478 g/mol. The highest BCUT2D eigenvalue weighted by molar-refractivity contribution is 6.35. The third kappa shape index (κ3) is 4.54. The average Bonchev–Trinajstić information content (AvgIpc) is 3.07. The van der Waals surface area contributed by atoms with Gasteiger partial charge in [-0.25, -0.2) is 0 Å². The number of halogens is 5. The smallest absolute Gasteiger partial charge is 0.362 e. The Balaban J connectivity index is 1.61. The lowest BCUT2D eigenvalue weighted by molar-refractivity contribution is -0.171. The molecule has 0 aliphatic carbocycles. The molecule has 0 atom stereocenters. The van der Waals surface area contributed by atoms with E-state index in [9.17, 15) is 22.8 Å². The number of likely N-dealkylation sites (tertiary alicyclic amines) is 1. The molecule has 1 fully saturated rings. The van der Waals surface area contributed by atoms with Crippen LogP contribution in [0.5, 0.6) is 0 Å². The fraction of sp³-hybridized carbons (Fsp3) is 0.333. The van der Waals surface area contributed by atoms with Crippen LogP contribution in [0.3, 0.4) is 0 Å². The number of alkyl halides is 3. The molecule has 4 nitrogen and oxygen atoms in total. The summed E-state index contributed by atoms with van der Waals surface area (Å²) < 4.78 is 47.1. The van der Waals surface area contributed by atoms with Crippen LogP contribution in [0, 0.1) is 5.92 Å². The van der Waals surface area contributed by atoms with Crippen molar-refractivity contribution in [3.8, 4) is 0 Å². The van der Waals surface area contributed by atoms with Gasteiger partial charge in [-0.2, -0.15) is 13.2 Å². The predicted molar refractivity (Wildman–Crippen MR) is 119 cm³/mol. The first-order valence-corrected chi connectivity index (χ1v) is 11.0. The topological polar surface area (TPSA) is 46.6 Å². The number of amides is 1. The van der Waals surface area contributed by atoms with Gasteiger partial charge in [0.25, 0.3) is 0 Å². The molecule has 0 N–H and O–H groups in total. The maximum absolute atomic E-state index is 13.7. The zero-order chi connectivity index (χ0) is 24.1. The van der Waals surface area contributed by atoms with Crippen molar-refractivity contribution >= 4 is 40.5 Å². The van der Waals surface area contributed by atoms with Crippen molar-refractivity contribution in [2.45, 2.75) is 32.2 Å². The number of nitrogens with zero attached hydrogens (tertiary/aromatic N) is 1. The molecule has 33 heavy (non-hydrogen) atoms. The van der Waals surface area contributed by atoms with Crippen LogP contribution < -0.4 is 0 Å². The summed E-state index contributed by atoms with van der Waals surface area (Å²) in [5.74, 6) is -0.880. The lowest BCUT2D eigenvalue weighted by Gasteiger charge is -2.48. The van der Waals surface area contributed by atoms with Crippen LogP contribution in [0.25, 0.3) is 5.57 Å². The van der Waals surface area contributed by atoms with E-state index in [1.165, 1.54) is 12.1 Å². The molecule has 0 radical (unpaired) electrons. The summed E-state index contributed by atoms with van der Waals surface area (Å²) in [6, 6.07) is 8.27. The number of ether oxygens (including phenoxy) is 1. The Labute approximate surface area is 198 Å². The molecule has 1 saturated heterocycles. The number of benzene rings is 2. The first-order valence-electron chi connectivity index (χ1n) is 10.3. The van der Waals surface area contributed by atoms with Crippen molar-refractivity contribution in [2.75, 3.05) is 13.1 Å². The van der Waals surface area contributed by atoms with E-state index in [1.807, 2.05) is 13.8 Å². The van der Waals surface area contributed by atoms with E-state index in [1.54, 1.807) is 17.0 Å². The van der Waals surface area contributed by atoms with Crippen molar-refractivity contribution < 1.29 is 27.5 Å². The molecule has 9 heteroatoms. The molecule has 1 spiro atoms. The highest BCUT2D eigenvalue weighted by atomic mass is 35.5. The Morgan fingerprint density at radius 1 is 1.06 bits per heavy atom. The minimum absolute atomic E-state index is 0.0329. The number of hydrogen-bond acceptors (Lipinski definition) is 3. The third-order valence-electron chi connectivity index (χ3n) is 5.84. The van der Waals surface area contributed by atoms with Gasteiger partial charge in [-0.05, 0) is 47.0 Å². The summed E-state index contributed by atoms with van der Waals surface area (Å²) in [5.41, 5.74) is -0.350. The summed E-state index contributed by atoms with van der Waals surface area (Å²) in [7, 11) is 0. The lowest BCUT2D eigenvalue weighted by atomic mass is 9.84. The number of allylic oxidation sites excluding steroid dienone is 2. The van der Waals surface area contributed by atoms with Gasteiger partial charge in [0.05, 0.1) is 25.3 Å². The van der Waals surface area contributed by atoms with Gasteiger partial charge in [0.15, 0.2) is 5.78 Å². The molecule has 2 heterocycles. The van der Waals surface area contributed by atoms with E-state index in [-0.39, 0.29) is 39.6 Å². The highest BCUT2D eigenvalue weighted by Crippen LogP contribution is 2.44. The summed E-state index contributed by atoms with van der Waals surface area (Å²) in [4.78, 5) is 26.7. The van der Waals surface area contributed by atoms with Crippen LogP contribution >= 0.6 is 23.2 Å². The number of carbonyl (C=O) groups excluding carboxylic acids is 2. The van der Waals surface area contributed by atoms with E-state index in [0.717, 1.165) is 23.3 Å². The van der Waals surface area contributed by atoms with Crippen molar-refractivity contribution in [1.29, 1.82) is 0 Å². The zero-order valence-electron chi connectivity index (χ0n) is 17.8. The fourth-order valence-corrected chi connectivity index (χ4v) is 4.74. The summed E-state index contributed by atoms with van der Waals surface area (Å²) in [6.07, 6.45) is -4.23. The molecule has 2 aromatic rings. The average molecular weight is 498 g/mol.